The van der Waals surface area contributed by atoms with Gasteiger partial charge in [-0.15, -0.1) is 0 Å². The number of carbonyl (C=O) groups is 3. The van der Waals surface area contributed by atoms with E-state index in [9.17, 15) is 14.4 Å². The second kappa shape index (κ2) is 5.45. The highest BCUT2D eigenvalue weighted by atomic mass is 16.5. The lowest BCUT2D eigenvalue weighted by atomic mass is 10.1. The van der Waals surface area contributed by atoms with E-state index in [0.29, 0.717) is 13.0 Å². The summed E-state index contributed by atoms with van der Waals surface area (Å²) in [6, 6.07) is -1.38. The van der Waals surface area contributed by atoms with Crippen LogP contribution in [0.1, 0.15) is 12.8 Å². The fourth-order valence-corrected chi connectivity index (χ4v) is 1.41. The molecule has 0 unspecified atom stereocenters. The molecule has 0 aromatic heterocycles. The Kier molecular flexibility index (Phi) is 4.24. The number of carbonyl (C=O) groups excluding carboxylic acids is 1. The lowest BCUT2D eigenvalue weighted by Gasteiger charge is -2.14. The van der Waals surface area contributed by atoms with E-state index >= 15 is 0 Å². The van der Waals surface area contributed by atoms with E-state index in [2.05, 4.69) is 5.32 Å². The van der Waals surface area contributed by atoms with Gasteiger partial charge < -0.3 is 20.3 Å². The Morgan fingerprint density at radius 2 is 2.06 bits per heavy atom. The maximum atomic E-state index is 11.5. The summed E-state index contributed by atoms with van der Waals surface area (Å²) in [5.74, 6) is -3.47. The van der Waals surface area contributed by atoms with Crippen LogP contribution in [0.25, 0.3) is 0 Å². The van der Waals surface area contributed by atoms with Gasteiger partial charge in [-0.05, 0) is 6.42 Å². The number of amides is 1. The molecule has 90 valence electrons. The molecule has 2 atom stereocenters. The first-order valence-corrected chi connectivity index (χ1v) is 4.83. The average Bonchev–Trinajstić information content (AvgIpc) is 2.68. The first-order chi connectivity index (χ1) is 7.50. The largest absolute Gasteiger partial charge is 0.481 e. The second-order valence-corrected chi connectivity index (χ2v) is 3.56. The van der Waals surface area contributed by atoms with Crippen molar-refractivity contribution < 1.29 is 29.3 Å². The minimum atomic E-state index is -1.38. The van der Waals surface area contributed by atoms with Crippen LogP contribution in [0, 0.1) is 5.92 Å². The van der Waals surface area contributed by atoms with E-state index in [-0.39, 0.29) is 12.5 Å². The molecule has 0 spiro atoms. The summed E-state index contributed by atoms with van der Waals surface area (Å²) in [6.07, 6.45) is -0.0973. The van der Waals surface area contributed by atoms with Crippen molar-refractivity contribution in [2.24, 2.45) is 5.92 Å². The fraction of sp³-hybridized carbons (Fsp3) is 0.667. The maximum absolute atomic E-state index is 11.5. The van der Waals surface area contributed by atoms with E-state index < -0.39 is 30.3 Å². The molecular weight excluding hydrogens is 218 g/mol. The monoisotopic (exact) mass is 231 g/mol. The standard InChI is InChI=1S/C9H13NO6/c11-7(12)3-6(9(14)15)10-8(13)5-1-2-16-4-5/h5-6H,1-4H2,(H,10,13)(H,11,12)(H,14,15)/t5-,6-/m1/s1. The van der Waals surface area contributed by atoms with Gasteiger partial charge in [0, 0.05) is 6.61 Å². The summed E-state index contributed by atoms with van der Waals surface area (Å²) in [5.41, 5.74) is 0. The highest BCUT2D eigenvalue weighted by molar-refractivity contribution is 5.87. The van der Waals surface area contributed by atoms with Gasteiger partial charge in [0.05, 0.1) is 18.9 Å². The van der Waals surface area contributed by atoms with Gasteiger partial charge in [0.1, 0.15) is 6.04 Å². The van der Waals surface area contributed by atoms with Crippen molar-refractivity contribution >= 4 is 17.8 Å². The van der Waals surface area contributed by atoms with Gasteiger partial charge in [-0.25, -0.2) is 4.79 Å². The molecule has 7 nitrogen and oxygen atoms in total. The average molecular weight is 231 g/mol. The maximum Gasteiger partial charge on any atom is 0.326 e. The first kappa shape index (κ1) is 12.4. The van der Waals surface area contributed by atoms with Crippen molar-refractivity contribution in [3.8, 4) is 0 Å². The quantitative estimate of drug-likeness (QED) is 0.563. The molecule has 0 saturated carbocycles. The van der Waals surface area contributed by atoms with Gasteiger partial charge in [0.2, 0.25) is 5.91 Å². The van der Waals surface area contributed by atoms with Gasteiger partial charge in [-0.1, -0.05) is 0 Å². The second-order valence-electron chi connectivity index (χ2n) is 3.56. The smallest absolute Gasteiger partial charge is 0.326 e. The third-order valence-corrected chi connectivity index (χ3v) is 2.29. The van der Waals surface area contributed by atoms with Crippen LogP contribution in [0.15, 0.2) is 0 Å². The highest BCUT2D eigenvalue weighted by Gasteiger charge is 2.29. The lowest BCUT2D eigenvalue weighted by molar-refractivity contribution is -0.147. The zero-order valence-corrected chi connectivity index (χ0v) is 8.51. The van der Waals surface area contributed by atoms with E-state index in [4.69, 9.17) is 14.9 Å². The van der Waals surface area contributed by atoms with E-state index in [1.165, 1.54) is 0 Å². The van der Waals surface area contributed by atoms with Crippen LogP contribution in [-0.4, -0.2) is 47.3 Å². The number of carboxylic acid groups (broad SMARTS) is 2. The minimum absolute atomic E-state index is 0.255. The van der Waals surface area contributed by atoms with Crippen molar-refractivity contribution in [3.05, 3.63) is 0 Å². The summed E-state index contributed by atoms with van der Waals surface area (Å²) < 4.78 is 4.98. The summed E-state index contributed by atoms with van der Waals surface area (Å²) >= 11 is 0. The molecule has 0 aromatic carbocycles. The molecule has 1 aliphatic rings. The molecule has 1 fully saturated rings. The van der Waals surface area contributed by atoms with Gasteiger partial charge in [-0.2, -0.15) is 0 Å². The molecule has 1 rings (SSSR count). The van der Waals surface area contributed by atoms with Crippen LogP contribution in [0.2, 0.25) is 0 Å². The topological polar surface area (TPSA) is 113 Å². The first-order valence-electron chi connectivity index (χ1n) is 4.83. The number of hydrogen-bond donors (Lipinski definition) is 3. The van der Waals surface area contributed by atoms with Crippen LogP contribution in [0.5, 0.6) is 0 Å². The molecular formula is C9H13NO6. The highest BCUT2D eigenvalue weighted by Crippen LogP contribution is 2.12. The Morgan fingerprint density at radius 1 is 1.38 bits per heavy atom. The van der Waals surface area contributed by atoms with Crippen LogP contribution in [-0.2, 0) is 19.1 Å². The SMILES string of the molecule is O=C(O)C[C@@H](NC(=O)[C@@H]1CCOC1)C(=O)O. The molecule has 0 aliphatic carbocycles. The van der Waals surface area contributed by atoms with Crippen molar-refractivity contribution in [2.75, 3.05) is 13.2 Å². The third kappa shape index (κ3) is 3.50. The summed E-state index contributed by atoms with van der Waals surface area (Å²) in [7, 11) is 0. The normalized spacial score (nSPS) is 21.4. The number of rotatable bonds is 5. The van der Waals surface area contributed by atoms with Crippen LogP contribution < -0.4 is 5.32 Å². The van der Waals surface area contributed by atoms with E-state index in [0.717, 1.165) is 0 Å². The Bertz CT molecular complexity index is 296. The molecule has 1 saturated heterocycles. The number of carboxylic acids is 2. The van der Waals surface area contributed by atoms with E-state index in [1.54, 1.807) is 0 Å². The molecule has 1 heterocycles. The van der Waals surface area contributed by atoms with Gasteiger partial charge in [0.15, 0.2) is 0 Å². The van der Waals surface area contributed by atoms with Gasteiger partial charge >= 0.3 is 11.9 Å². The van der Waals surface area contributed by atoms with Crippen LogP contribution in [0.3, 0.4) is 0 Å². The van der Waals surface area contributed by atoms with Crippen molar-refractivity contribution in [1.82, 2.24) is 5.32 Å². The Morgan fingerprint density at radius 3 is 2.50 bits per heavy atom. The lowest BCUT2D eigenvalue weighted by Crippen LogP contribution is -2.44. The Hall–Kier alpha value is -1.63. The van der Waals surface area contributed by atoms with E-state index in [1.807, 2.05) is 0 Å². The minimum Gasteiger partial charge on any atom is -0.481 e. The molecule has 1 aliphatic heterocycles. The van der Waals surface area contributed by atoms with Crippen LogP contribution >= 0.6 is 0 Å². The van der Waals surface area contributed by atoms with Crippen molar-refractivity contribution in [1.29, 1.82) is 0 Å². The van der Waals surface area contributed by atoms with Crippen molar-refractivity contribution in [3.63, 3.8) is 0 Å². The third-order valence-electron chi connectivity index (χ3n) is 2.29. The number of aliphatic carboxylic acids is 2. The Balaban J connectivity index is 2.50. The molecule has 1 amide bonds. The molecule has 16 heavy (non-hydrogen) atoms. The summed E-state index contributed by atoms with van der Waals surface area (Å²) in [4.78, 5) is 32.5. The zero-order chi connectivity index (χ0) is 12.1. The predicted molar refractivity (Wildman–Crippen MR) is 50.7 cm³/mol. The molecule has 0 radical (unpaired) electrons. The zero-order valence-electron chi connectivity index (χ0n) is 8.51. The van der Waals surface area contributed by atoms with Gasteiger partial charge in [0.25, 0.3) is 0 Å². The van der Waals surface area contributed by atoms with Crippen LogP contribution in [0.4, 0.5) is 0 Å². The summed E-state index contributed by atoms with van der Waals surface area (Å²) in [5, 5.41) is 19.4. The fourth-order valence-electron chi connectivity index (χ4n) is 1.41. The summed E-state index contributed by atoms with van der Waals surface area (Å²) in [6.45, 7) is 0.722. The molecule has 7 heteroatoms. The number of nitrogens with one attached hydrogen (secondary N) is 1. The Labute approximate surface area is 91.4 Å². The van der Waals surface area contributed by atoms with Gasteiger partial charge in [-0.3, -0.25) is 9.59 Å². The molecule has 0 bridgehead atoms. The number of hydrogen-bond acceptors (Lipinski definition) is 4. The van der Waals surface area contributed by atoms with Crippen molar-refractivity contribution in [2.45, 2.75) is 18.9 Å². The number of ether oxygens (including phenoxy) is 1. The molecule has 3 N–H and O–H groups in total. The predicted octanol–water partition coefficient (Wildman–Crippen LogP) is -0.933. The molecule has 0 aromatic rings.